The quantitative estimate of drug-likeness (QED) is 0.896. The van der Waals surface area contributed by atoms with Crippen molar-refractivity contribution in [2.24, 2.45) is 0 Å². The minimum absolute atomic E-state index is 0.318. The second-order valence-corrected chi connectivity index (χ2v) is 4.78. The monoisotopic (exact) mass is 267 g/mol. The largest absolute Gasteiger partial charge is 0.478 e. The second kappa shape index (κ2) is 6.66. The van der Waals surface area contributed by atoms with Gasteiger partial charge in [-0.25, -0.2) is 4.79 Å². The Morgan fingerprint density at radius 2 is 2.15 bits per heavy atom. The molecule has 0 atom stereocenters. The van der Waals surface area contributed by atoms with Gasteiger partial charge in [0.2, 0.25) is 0 Å². The number of hydrogen-bond donors (Lipinski definition) is 1. The van der Waals surface area contributed by atoms with E-state index in [2.05, 4.69) is 18.0 Å². The molecule has 1 N–H and O–H groups in total. The van der Waals surface area contributed by atoms with E-state index < -0.39 is 5.97 Å². The summed E-state index contributed by atoms with van der Waals surface area (Å²) in [5.41, 5.74) is 3.67. The van der Waals surface area contributed by atoms with E-state index in [0.717, 1.165) is 18.4 Å². The van der Waals surface area contributed by atoms with Crippen LogP contribution in [0.4, 0.5) is 0 Å². The highest BCUT2D eigenvalue weighted by atomic mass is 16.4. The predicted molar refractivity (Wildman–Crippen MR) is 79.6 cm³/mol. The van der Waals surface area contributed by atoms with Crippen LogP contribution in [0.25, 0.3) is 6.08 Å². The smallest absolute Gasteiger partial charge is 0.335 e. The average molecular weight is 267 g/mol. The molecule has 3 nitrogen and oxygen atoms in total. The molecule has 0 unspecified atom stereocenters. The molecule has 2 aromatic rings. The second-order valence-electron chi connectivity index (χ2n) is 4.78. The standard InChI is InChI=1S/C17H17NO2/c1-13(7-8-14-5-3-9-18-12-14)10-15-4-2-6-16(11-15)17(19)20/h2-6,9-12H,7-8H2,1H3,(H,19,20). The van der Waals surface area contributed by atoms with Crippen LogP contribution in [-0.2, 0) is 6.42 Å². The van der Waals surface area contributed by atoms with E-state index >= 15 is 0 Å². The Morgan fingerprint density at radius 3 is 2.85 bits per heavy atom. The zero-order chi connectivity index (χ0) is 14.4. The Labute approximate surface area is 118 Å². The highest BCUT2D eigenvalue weighted by molar-refractivity contribution is 5.88. The third-order valence-electron chi connectivity index (χ3n) is 3.08. The van der Waals surface area contributed by atoms with Crippen molar-refractivity contribution in [1.29, 1.82) is 0 Å². The number of pyridine rings is 1. The maximum Gasteiger partial charge on any atom is 0.335 e. The fourth-order valence-electron chi connectivity index (χ4n) is 2.01. The summed E-state index contributed by atoms with van der Waals surface area (Å²) in [4.78, 5) is 15.0. The van der Waals surface area contributed by atoms with Crippen molar-refractivity contribution in [1.82, 2.24) is 4.98 Å². The number of benzene rings is 1. The number of aromatic nitrogens is 1. The van der Waals surface area contributed by atoms with Crippen LogP contribution >= 0.6 is 0 Å². The van der Waals surface area contributed by atoms with Crippen LogP contribution in [0, 0.1) is 0 Å². The van der Waals surface area contributed by atoms with Gasteiger partial charge in [-0.2, -0.15) is 0 Å². The summed E-state index contributed by atoms with van der Waals surface area (Å²) >= 11 is 0. The first-order chi connectivity index (χ1) is 9.65. The third kappa shape index (κ3) is 4.05. The lowest BCUT2D eigenvalue weighted by molar-refractivity contribution is 0.0697. The molecule has 3 heteroatoms. The van der Waals surface area contributed by atoms with Crippen LogP contribution < -0.4 is 0 Å². The molecule has 1 aromatic heterocycles. The summed E-state index contributed by atoms with van der Waals surface area (Å²) in [5, 5.41) is 8.97. The first-order valence-electron chi connectivity index (χ1n) is 6.54. The first-order valence-corrected chi connectivity index (χ1v) is 6.54. The van der Waals surface area contributed by atoms with Crippen LogP contribution in [-0.4, -0.2) is 16.1 Å². The van der Waals surface area contributed by atoms with Gasteiger partial charge in [-0.1, -0.05) is 29.8 Å². The van der Waals surface area contributed by atoms with E-state index in [-0.39, 0.29) is 0 Å². The van der Waals surface area contributed by atoms with Gasteiger partial charge in [-0.3, -0.25) is 4.98 Å². The molecular formula is C17H17NO2. The van der Waals surface area contributed by atoms with Gasteiger partial charge in [0.15, 0.2) is 0 Å². The first kappa shape index (κ1) is 14.0. The molecule has 0 radical (unpaired) electrons. The van der Waals surface area contributed by atoms with Crippen LogP contribution in [0.5, 0.6) is 0 Å². The summed E-state index contributed by atoms with van der Waals surface area (Å²) in [6.07, 6.45) is 7.54. The highest BCUT2D eigenvalue weighted by Gasteiger charge is 2.02. The van der Waals surface area contributed by atoms with E-state index in [1.807, 2.05) is 24.4 Å². The summed E-state index contributed by atoms with van der Waals surface area (Å²) in [7, 11) is 0. The fraction of sp³-hybridized carbons (Fsp3) is 0.176. The molecule has 20 heavy (non-hydrogen) atoms. The van der Waals surface area contributed by atoms with E-state index in [1.165, 1.54) is 11.1 Å². The highest BCUT2D eigenvalue weighted by Crippen LogP contribution is 2.14. The Morgan fingerprint density at radius 1 is 1.30 bits per heavy atom. The van der Waals surface area contributed by atoms with Gasteiger partial charge in [0.1, 0.15) is 0 Å². The van der Waals surface area contributed by atoms with Crippen molar-refractivity contribution in [3.63, 3.8) is 0 Å². The Bertz CT molecular complexity index is 618. The summed E-state index contributed by atoms with van der Waals surface area (Å²) in [6.45, 7) is 2.06. The van der Waals surface area contributed by atoms with Crippen LogP contribution in [0.15, 0.2) is 54.4 Å². The lowest BCUT2D eigenvalue weighted by atomic mass is 10.0. The van der Waals surface area contributed by atoms with Gasteiger partial charge in [0, 0.05) is 12.4 Å². The number of hydrogen-bond acceptors (Lipinski definition) is 2. The van der Waals surface area contributed by atoms with Gasteiger partial charge in [-0.15, -0.1) is 0 Å². The van der Waals surface area contributed by atoms with Gasteiger partial charge in [-0.05, 0) is 49.1 Å². The van der Waals surface area contributed by atoms with Crippen molar-refractivity contribution in [3.05, 3.63) is 71.1 Å². The predicted octanol–water partition coefficient (Wildman–Crippen LogP) is 3.82. The average Bonchev–Trinajstić information content (AvgIpc) is 2.46. The Kier molecular flexibility index (Phi) is 4.66. The maximum absolute atomic E-state index is 10.9. The van der Waals surface area contributed by atoms with E-state index in [0.29, 0.717) is 5.56 Å². The van der Waals surface area contributed by atoms with E-state index in [1.54, 1.807) is 24.4 Å². The zero-order valence-corrected chi connectivity index (χ0v) is 11.4. The van der Waals surface area contributed by atoms with Gasteiger partial charge in [0.25, 0.3) is 0 Å². The zero-order valence-electron chi connectivity index (χ0n) is 11.4. The summed E-state index contributed by atoms with van der Waals surface area (Å²) in [5.74, 6) is -0.895. The number of allylic oxidation sites excluding steroid dienone is 1. The normalized spacial score (nSPS) is 11.3. The van der Waals surface area contributed by atoms with Crippen molar-refractivity contribution in [2.45, 2.75) is 19.8 Å². The molecule has 0 bridgehead atoms. The number of carbonyl (C=O) groups is 1. The summed E-state index contributed by atoms with van der Waals surface area (Å²) < 4.78 is 0. The molecule has 0 spiro atoms. The van der Waals surface area contributed by atoms with E-state index in [9.17, 15) is 4.79 Å². The molecule has 0 aliphatic carbocycles. The van der Waals surface area contributed by atoms with Crippen molar-refractivity contribution in [3.8, 4) is 0 Å². The summed E-state index contributed by atoms with van der Waals surface area (Å²) in [6, 6.07) is 11.0. The number of carboxylic acid groups (broad SMARTS) is 1. The Hall–Kier alpha value is -2.42. The molecule has 0 saturated carbocycles. The van der Waals surface area contributed by atoms with Crippen LogP contribution in [0.2, 0.25) is 0 Å². The fourth-order valence-corrected chi connectivity index (χ4v) is 2.01. The maximum atomic E-state index is 10.9. The molecule has 102 valence electrons. The van der Waals surface area contributed by atoms with Crippen molar-refractivity contribution >= 4 is 12.0 Å². The minimum Gasteiger partial charge on any atom is -0.478 e. The van der Waals surface area contributed by atoms with Gasteiger partial charge in [0.05, 0.1) is 5.56 Å². The topological polar surface area (TPSA) is 50.2 Å². The van der Waals surface area contributed by atoms with Gasteiger partial charge < -0.3 is 5.11 Å². The molecule has 1 aromatic carbocycles. The number of aromatic carboxylic acids is 1. The van der Waals surface area contributed by atoms with E-state index in [4.69, 9.17) is 5.11 Å². The molecule has 0 saturated heterocycles. The van der Waals surface area contributed by atoms with Crippen LogP contribution in [0.1, 0.15) is 34.8 Å². The number of rotatable bonds is 5. The minimum atomic E-state index is -0.895. The number of aryl methyl sites for hydroxylation is 1. The van der Waals surface area contributed by atoms with Crippen LogP contribution in [0.3, 0.4) is 0 Å². The Balaban J connectivity index is 2.03. The lowest BCUT2D eigenvalue weighted by Gasteiger charge is -2.03. The van der Waals surface area contributed by atoms with Gasteiger partial charge >= 0.3 is 5.97 Å². The molecule has 0 amide bonds. The third-order valence-corrected chi connectivity index (χ3v) is 3.08. The van der Waals surface area contributed by atoms with Crippen molar-refractivity contribution in [2.75, 3.05) is 0 Å². The lowest BCUT2D eigenvalue weighted by Crippen LogP contribution is -1.95. The number of nitrogens with zero attached hydrogens (tertiary/aromatic N) is 1. The molecule has 1 heterocycles. The molecule has 0 fully saturated rings. The number of carboxylic acids is 1. The molecular weight excluding hydrogens is 250 g/mol. The molecule has 0 aliphatic heterocycles. The molecule has 2 rings (SSSR count). The SMILES string of the molecule is CC(=Cc1cccc(C(=O)O)c1)CCc1cccnc1. The molecule has 0 aliphatic rings. The van der Waals surface area contributed by atoms with Crippen molar-refractivity contribution < 1.29 is 9.90 Å².